The van der Waals surface area contributed by atoms with Crippen molar-refractivity contribution < 1.29 is 4.79 Å². The summed E-state index contributed by atoms with van der Waals surface area (Å²) in [5, 5.41) is 4.29. The van der Waals surface area contributed by atoms with Crippen LogP contribution in [0.5, 0.6) is 0 Å². The average Bonchev–Trinajstić information content (AvgIpc) is 2.76. The van der Waals surface area contributed by atoms with Crippen LogP contribution in [-0.4, -0.2) is 47.6 Å². The molecule has 1 heterocycles. The first-order chi connectivity index (χ1) is 9.85. The van der Waals surface area contributed by atoms with Crippen molar-refractivity contribution in [2.24, 2.45) is 17.6 Å². The molecule has 0 saturated heterocycles. The minimum Gasteiger partial charge on any atom is -0.330 e. The molecule has 0 bridgehead atoms. The maximum absolute atomic E-state index is 12.6. The molecule has 0 aliphatic carbocycles. The van der Waals surface area contributed by atoms with E-state index >= 15 is 0 Å². The lowest BCUT2D eigenvalue weighted by Gasteiger charge is -2.17. The van der Waals surface area contributed by atoms with Crippen LogP contribution in [0.25, 0.3) is 0 Å². The molecule has 1 aromatic rings. The molecule has 0 radical (unpaired) electrons. The van der Waals surface area contributed by atoms with Crippen molar-refractivity contribution in [2.75, 3.05) is 27.2 Å². The molecule has 21 heavy (non-hydrogen) atoms. The van der Waals surface area contributed by atoms with E-state index in [2.05, 4.69) is 39.8 Å². The van der Waals surface area contributed by atoms with Gasteiger partial charge in [-0.15, -0.1) is 0 Å². The number of Topliss-reactive ketones (excluding diaryl/α,β-unsaturated/α-hetero) is 1. The standard InChI is InChI=1S/C15H27BrN4O/c1-11(2)7-12(9-17)8-14(21)15-13(16)10-18-20(15)6-5-19(3)4/h10-12H,5-9,17H2,1-4H3. The van der Waals surface area contributed by atoms with Crippen LogP contribution in [0.4, 0.5) is 0 Å². The van der Waals surface area contributed by atoms with Crippen molar-refractivity contribution in [1.82, 2.24) is 14.7 Å². The molecule has 1 unspecified atom stereocenters. The highest BCUT2D eigenvalue weighted by molar-refractivity contribution is 9.10. The molecular weight excluding hydrogens is 332 g/mol. The molecule has 6 heteroatoms. The number of hydrogen-bond acceptors (Lipinski definition) is 4. The third-order valence-electron chi connectivity index (χ3n) is 3.43. The Morgan fingerprint density at radius 2 is 2.14 bits per heavy atom. The summed E-state index contributed by atoms with van der Waals surface area (Å²) in [5.41, 5.74) is 6.47. The number of hydrogen-bond donors (Lipinski definition) is 1. The molecule has 120 valence electrons. The van der Waals surface area contributed by atoms with Gasteiger partial charge in [-0.2, -0.15) is 5.10 Å². The quantitative estimate of drug-likeness (QED) is 0.688. The maximum Gasteiger partial charge on any atom is 0.182 e. The van der Waals surface area contributed by atoms with E-state index in [1.165, 1.54) is 0 Å². The number of nitrogens with zero attached hydrogens (tertiary/aromatic N) is 3. The lowest BCUT2D eigenvalue weighted by Crippen LogP contribution is -2.24. The zero-order valence-electron chi connectivity index (χ0n) is 13.5. The first kappa shape index (κ1) is 18.3. The molecule has 0 fully saturated rings. The van der Waals surface area contributed by atoms with Crippen molar-refractivity contribution in [2.45, 2.75) is 33.2 Å². The minimum absolute atomic E-state index is 0.120. The Balaban J connectivity index is 2.78. The Labute approximate surface area is 136 Å². The number of rotatable bonds is 9. The van der Waals surface area contributed by atoms with Crippen LogP contribution in [0.3, 0.4) is 0 Å². The van der Waals surface area contributed by atoms with E-state index < -0.39 is 0 Å². The normalized spacial score (nSPS) is 13.1. The van der Waals surface area contributed by atoms with Crippen LogP contribution >= 0.6 is 15.9 Å². The Bertz CT molecular complexity index is 457. The highest BCUT2D eigenvalue weighted by atomic mass is 79.9. The number of nitrogens with two attached hydrogens (primary N) is 1. The number of aromatic nitrogens is 2. The molecule has 1 atom stereocenters. The van der Waals surface area contributed by atoms with Crippen molar-refractivity contribution in [3.8, 4) is 0 Å². The third kappa shape index (κ3) is 5.88. The number of carbonyl (C=O) groups is 1. The largest absolute Gasteiger partial charge is 0.330 e. The fourth-order valence-corrected chi connectivity index (χ4v) is 2.91. The van der Waals surface area contributed by atoms with Gasteiger partial charge >= 0.3 is 0 Å². The summed E-state index contributed by atoms with van der Waals surface area (Å²) in [4.78, 5) is 14.7. The van der Waals surface area contributed by atoms with E-state index in [1.54, 1.807) is 10.9 Å². The van der Waals surface area contributed by atoms with E-state index in [1.807, 2.05) is 14.1 Å². The van der Waals surface area contributed by atoms with Gasteiger partial charge in [-0.3, -0.25) is 9.48 Å². The number of likely N-dealkylation sites (N-methyl/N-ethyl adjacent to an activating group) is 1. The monoisotopic (exact) mass is 358 g/mol. The van der Waals surface area contributed by atoms with Gasteiger partial charge in [0.1, 0.15) is 5.69 Å². The van der Waals surface area contributed by atoms with E-state index in [0.29, 0.717) is 31.1 Å². The van der Waals surface area contributed by atoms with E-state index in [9.17, 15) is 4.79 Å². The fourth-order valence-electron chi connectivity index (χ4n) is 2.39. The highest BCUT2D eigenvalue weighted by Crippen LogP contribution is 2.22. The van der Waals surface area contributed by atoms with E-state index in [4.69, 9.17) is 5.73 Å². The first-order valence-corrected chi connectivity index (χ1v) is 8.23. The summed E-state index contributed by atoms with van der Waals surface area (Å²) in [6.07, 6.45) is 3.16. The van der Waals surface area contributed by atoms with Crippen LogP contribution in [-0.2, 0) is 6.54 Å². The van der Waals surface area contributed by atoms with Crippen LogP contribution < -0.4 is 5.73 Å². The van der Waals surface area contributed by atoms with Gasteiger partial charge in [-0.1, -0.05) is 13.8 Å². The fraction of sp³-hybridized carbons (Fsp3) is 0.733. The van der Waals surface area contributed by atoms with E-state index in [-0.39, 0.29) is 11.7 Å². The lowest BCUT2D eigenvalue weighted by molar-refractivity contribution is 0.0945. The molecule has 5 nitrogen and oxygen atoms in total. The Morgan fingerprint density at radius 3 is 2.67 bits per heavy atom. The van der Waals surface area contributed by atoms with Gasteiger partial charge in [0.05, 0.1) is 17.2 Å². The van der Waals surface area contributed by atoms with Gasteiger partial charge < -0.3 is 10.6 Å². The molecule has 1 rings (SSSR count). The van der Waals surface area contributed by atoms with Crippen molar-refractivity contribution in [3.05, 3.63) is 16.4 Å². The second kappa shape index (κ2) is 8.66. The van der Waals surface area contributed by atoms with Crippen LogP contribution in [0.15, 0.2) is 10.7 Å². The summed E-state index contributed by atoms with van der Waals surface area (Å²) in [6.45, 7) is 6.42. The Morgan fingerprint density at radius 1 is 1.48 bits per heavy atom. The van der Waals surface area contributed by atoms with Crippen molar-refractivity contribution in [1.29, 1.82) is 0 Å². The smallest absolute Gasteiger partial charge is 0.182 e. The predicted molar refractivity (Wildman–Crippen MR) is 89.4 cm³/mol. The zero-order valence-corrected chi connectivity index (χ0v) is 15.1. The molecule has 0 spiro atoms. The summed E-state index contributed by atoms with van der Waals surface area (Å²) in [5.74, 6) is 0.907. The van der Waals surface area contributed by atoms with Crippen LogP contribution in [0, 0.1) is 11.8 Å². The molecule has 0 aliphatic rings. The Hall–Kier alpha value is -0.720. The third-order valence-corrected chi connectivity index (χ3v) is 4.01. The van der Waals surface area contributed by atoms with Gasteiger partial charge in [0, 0.05) is 13.0 Å². The number of ketones is 1. The van der Waals surface area contributed by atoms with Gasteiger partial charge in [0.25, 0.3) is 0 Å². The predicted octanol–water partition coefficient (Wildman–Crippen LogP) is 2.40. The second-order valence-electron chi connectivity index (χ2n) is 6.23. The van der Waals surface area contributed by atoms with Gasteiger partial charge in [-0.25, -0.2) is 0 Å². The molecule has 0 saturated carbocycles. The molecule has 0 aromatic carbocycles. The first-order valence-electron chi connectivity index (χ1n) is 7.44. The Kier molecular flexibility index (Phi) is 7.56. The summed E-state index contributed by atoms with van der Waals surface area (Å²) < 4.78 is 2.56. The van der Waals surface area contributed by atoms with Crippen molar-refractivity contribution in [3.63, 3.8) is 0 Å². The van der Waals surface area contributed by atoms with E-state index in [0.717, 1.165) is 17.4 Å². The maximum atomic E-state index is 12.6. The summed E-state index contributed by atoms with van der Waals surface area (Å²) in [6, 6.07) is 0. The average molecular weight is 359 g/mol. The van der Waals surface area contributed by atoms with Gasteiger partial charge in [0.15, 0.2) is 5.78 Å². The second-order valence-corrected chi connectivity index (χ2v) is 7.08. The number of halogens is 1. The SMILES string of the molecule is CC(C)CC(CN)CC(=O)c1c(Br)cnn1CCN(C)C. The number of carbonyl (C=O) groups excluding carboxylic acids is 1. The lowest BCUT2D eigenvalue weighted by atomic mass is 9.92. The van der Waals surface area contributed by atoms with Crippen LogP contribution in [0.1, 0.15) is 37.2 Å². The van der Waals surface area contributed by atoms with Gasteiger partial charge in [-0.05, 0) is 54.8 Å². The minimum atomic E-state index is 0.120. The van der Waals surface area contributed by atoms with Crippen molar-refractivity contribution >= 4 is 21.7 Å². The summed E-state index contributed by atoms with van der Waals surface area (Å²) in [7, 11) is 4.01. The topological polar surface area (TPSA) is 64.2 Å². The molecular formula is C15H27BrN4O. The van der Waals surface area contributed by atoms with Gasteiger partial charge in [0.2, 0.25) is 0 Å². The molecule has 1 aromatic heterocycles. The summed E-state index contributed by atoms with van der Waals surface area (Å²) >= 11 is 3.44. The highest BCUT2D eigenvalue weighted by Gasteiger charge is 2.21. The molecule has 2 N–H and O–H groups in total. The zero-order chi connectivity index (χ0) is 16.0. The van der Waals surface area contributed by atoms with Crippen LogP contribution in [0.2, 0.25) is 0 Å². The molecule has 0 aliphatic heterocycles. The molecule has 0 amide bonds.